The second-order valence-electron chi connectivity index (χ2n) is 4.18. The Hall–Kier alpha value is -1.56. The van der Waals surface area contributed by atoms with E-state index in [2.05, 4.69) is 10.3 Å². The van der Waals surface area contributed by atoms with Crippen molar-refractivity contribution in [3.05, 3.63) is 29.6 Å². The molecule has 1 aromatic rings. The smallest absolute Gasteiger partial charge is 0.259 e. The van der Waals surface area contributed by atoms with E-state index in [1.54, 1.807) is 0 Å². The highest BCUT2D eigenvalue weighted by Crippen LogP contribution is 2.25. The van der Waals surface area contributed by atoms with Crippen LogP contribution in [0.2, 0.25) is 0 Å². The summed E-state index contributed by atoms with van der Waals surface area (Å²) in [5.74, 6) is -0.920. The highest BCUT2D eigenvalue weighted by atomic mass is 32.2. The number of rotatable bonds is 1. The Bertz CT molecular complexity index is 518. The summed E-state index contributed by atoms with van der Waals surface area (Å²) in [7, 11) is 0. The van der Waals surface area contributed by atoms with Gasteiger partial charge in [0.2, 0.25) is 0 Å². The van der Waals surface area contributed by atoms with Crippen molar-refractivity contribution in [2.45, 2.75) is 25.1 Å². The van der Waals surface area contributed by atoms with E-state index < -0.39 is 11.7 Å². The second kappa shape index (κ2) is 4.97. The molecular weight excluding hydrogens is 253 g/mol. The van der Waals surface area contributed by atoms with Crippen molar-refractivity contribution in [1.82, 2.24) is 5.32 Å². The lowest BCUT2D eigenvalue weighted by atomic mass is 10.1. The Morgan fingerprint density at radius 1 is 1.50 bits per heavy atom. The highest BCUT2D eigenvalue weighted by Gasteiger charge is 2.24. The molecule has 2 unspecified atom stereocenters. The lowest BCUT2D eigenvalue weighted by Crippen LogP contribution is -2.28. The Labute approximate surface area is 109 Å². The van der Waals surface area contributed by atoms with Crippen molar-refractivity contribution in [3.8, 4) is 0 Å². The van der Waals surface area contributed by atoms with Crippen LogP contribution >= 0.6 is 11.8 Å². The quantitative estimate of drug-likeness (QED) is 0.765. The fourth-order valence-electron chi connectivity index (χ4n) is 1.55. The first-order valence-corrected chi connectivity index (χ1v) is 6.46. The van der Waals surface area contributed by atoms with Gasteiger partial charge in [0.25, 0.3) is 5.91 Å². The van der Waals surface area contributed by atoms with E-state index in [0.717, 1.165) is 6.07 Å². The number of hydrogen-bond donors (Lipinski definition) is 2. The fraction of sp³-hybridized carbons (Fsp3) is 0.333. The second-order valence-corrected chi connectivity index (χ2v) is 5.55. The summed E-state index contributed by atoms with van der Waals surface area (Å²) >= 11 is 1.49. The molecule has 1 aromatic carbocycles. The number of halogens is 1. The number of amidine groups is 1. The lowest BCUT2D eigenvalue weighted by Gasteiger charge is -2.07. The summed E-state index contributed by atoms with van der Waals surface area (Å²) in [5, 5.41) is 3.53. The minimum Gasteiger partial charge on any atom is -0.398 e. The Morgan fingerprint density at radius 3 is 2.83 bits per heavy atom. The van der Waals surface area contributed by atoms with Crippen LogP contribution in [0.15, 0.2) is 23.2 Å². The van der Waals surface area contributed by atoms with Crippen LogP contribution in [0.1, 0.15) is 24.2 Å². The zero-order chi connectivity index (χ0) is 13.3. The van der Waals surface area contributed by atoms with Gasteiger partial charge in [-0.1, -0.05) is 18.7 Å². The number of amides is 1. The Kier molecular flexibility index (Phi) is 3.56. The zero-order valence-corrected chi connectivity index (χ0v) is 10.9. The number of nitrogen functional groups attached to an aromatic ring is 1. The summed E-state index contributed by atoms with van der Waals surface area (Å²) in [6.45, 7) is 4.02. The molecule has 1 aliphatic heterocycles. The first-order valence-electron chi connectivity index (χ1n) is 5.58. The largest absolute Gasteiger partial charge is 0.398 e. The first kappa shape index (κ1) is 12.9. The number of nitrogens with two attached hydrogens (primary N) is 1. The normalized spacial score (nSPS) is 22.7. The van der Waals surface area contributed by atoms with Crippen molar-refractivity contribution < 1.29 is 9.18 Å². The van der Waals surface area contributed by atoms with Crippen LogP contribution in [0.3, 0.4) is 0 Å². The maximum absolute atomic E-state index is 13.1. The van der Waals surface area contributed by atoms with Crippen LogP contribution in [0, 0.1) is 5.82 Å². The Morgan fingerprint density at radius 2 is 2.22 bits per heavy atom. The van der Waals surface area contributed by atoms with Crippen LogP contribution in [-0.2, 0) is 0 Å². The van der Waals surface area contributed by atoms with Gasteiger partial charge in [-0.3, -0.25) is 9.79 Å². The maximum atomic E-state index is 13.1. The minimum absolute atomic E-state index is 0.130. The zero-order valence-electron chi connectivity index (χ0n) is 10.1. The molecule has 1 heterocycles. The summed E-state index contributed by atoms with van der Waals surface area (Å²) in [6.07, 6.45) is 0. The predicted octanol–water partition coefficient (Wildman–Crippen LogP) is 2.02. The van der Waals surface area contributed by atoms with Gasteiger partial charge >= 0.3 is 0 Å². The molecule has 0 bridgehead atoms. The molecule has 0 spiro atoms. The summed E-state index contributed by atoms with van der Waals surface area (Å²) in [4.78, 5) is 16.2. The van der Waals surface area contributed by atoms with Gasteiger partial charge in [0, 0.05) is 10.9 Å². The third-order valence-corrected chi connectivity index (χ3v) is 3.97. The topological polar surface area (TPSA) is 67.5 Å². The van der Waals surface area contributed by atoms with Crippen LogP contribution in [-0.4, -0.2) is 22.4 Å². The van der Waals surface area contributed by atoms with E-state index in [0.29, 0.717) is 10.4 Å². The SMILES string of the molecule is CC1N=C(NC(=O)c2cc(F)ccc2N)SC1C. The molecule has 0 saturated carbocycles. The van der Waals surface area contributed by atoms with Crippen molar-refractivity contribution in [2.24, 2.45) is 4.99 Å². The number of carbonyl (C=O) groups excluding carboxylic acids is 1. The van der Waals surface area contributed by atoms with Crippen molar-refractivity contribution >= 4 is 28.5 Å². The number of anilines is 1. The van der Waals surface area contributed by atoms with Crippen LogP contribution in [0.25, 0.3) is 0 Å². The molecule has 3 N–H and O–H groups in total. The van der Waals surface area contributed by atoms with E-state index in [9.17, 15) is 9.18 Å². The van der Waals surface area contributed by atoms with Crippen LogP contribution in [0.4, 0.5) is 10.1 Å². The number of thioether (sulfide) groups is 1. The van der Waals surface area contributed by atoms with Crippen molar-refractivity contribution in [1.29, 1.82) is 0 Å². The molecule has 0 aliphatic carbocycles. The fourth-order valence-corrected chi connectivity index (χ4v) is 2.53. The van der Waals surface area contributed by atoms with Gasteiger partial charge in [-0.25, -0.2) is 4.39 Å². The molecule has 1 aliphatic rings. The molecule has 0 radical (unpaired) electrons. The van der Waals surface area contributed by atoms with E-state index >= 15 is 0 Å². The van der Waals surface area contributed by atoms with E-state index in [4.69, 9.17) is 5.73 Å². The van der Waals surface area contributed by atoms with E-state index in [1.165, 1.54) is 23.9 Å². The number of benzene rings is 1. The number of nitrogens with one attached hydrogen (secondary N) is 1. The summed E-state index contributed by atoms with van der Waals surface area (Å²) < 4.78 is 13.1. The molecular formula is C12H14FN3OS. The van der Waals surface area contributed by atoms with Gasteiger partial charge in [0.1, 0.15) is 5.82 Å². The molecule has 4 nitrogen and oxygen atoms in total. The van der Waals surface area contributed by atoms with Gasteiger partial charge in [-0.05, 0) is 25.1 Å². The van der Waals surface area contributed by atoms with E-state index in [-0.39, 0.29) is 17.3 Å². The lowest BCUT2D eigenvalue weighted by molar-refractivity contribution is 0.0978. The third-order valence-electron chi connectivity index (χ3n) is 2.78. The summed E-state index contributed by atoms with van der Waals surface area (Å²) in [5.41, 5.74) is 6.02. The van der Waals surface area contributed by atoms with Crippen LogP contribution < -0.4 is 11.1 Å². The molecule has 18 heavy (non-hydrogen) atoms. The number of aliphatic imine (C=N–C) groups is 1. The van der Waals surface area contributed by atoms with Crippen molar-refractivity contribution in [2.75, 3.05) is 5.73 Å². The molecule has 96 valence electrons. The Balaban J connectivity index is 2.13. The molecule has 2 rings (SSSR count). The number of carbonyl (C=O) groups is 1. The predicted molar refractivity (Wildman–Crippen MR) is 72.2 cm³/mol. The first-order chi connectivity index (χ1) is 8.47. The van der Waals surface area contributed by atoms with Crippen molar-refractivity contribution in [3.63, 3.8) is 0 Å². The third kappa shape index (κ3) is 2.64. The average Bonchev–Trinajstić information content (AvgIpc) is 2.61. The molecule has 0 fully saturated rings. The summed E-state index contributed by atoms with van der Waals surface area (Å²) in [6, 6.07) is 3.88. The van der Waals surface area contributed by atoms with Gasteiger partial charge in [-0.15, -0.1) is 0 Å². The standard InChI is InChI=1S/C12H14FN3OS/c1-6-7(2)18-12(15-6)16-11(17)9-5-8(13)3-4-10(9)14/h3-7H,14H2,1-2H3,(H,15,16,17). The molecule has 0 saturated heterocycles. The highest BCUT2D eigenvalue weighted by molar-refractivity contribution is 8.14. The minimum atomic E-state index is -0.489. The molecule has 0 aromatic heterocycles. The molecule has 6 heteroatoms. The molecule has 2 atom stereocenters. The molecule has 1 amide bonds. The van der Waals surface area contributed by atoms with Gasteiger partial charge < -0.3 is 11.1 Å². The van der Waals surface area contributed by atoms with E-state index in [1.807, 2.05) is 13.8 Å². The number of hydrogen-bond acceptors (Lipinski definition) is 4. The van der Waals surface area contributed by atoms with Gasteiger partial charge in [0.15, 0.2) is 5.17 Å². The van der Waals surface area contributed by atoms with Gasteiger partial charge in [0.05, 0.1) is 11.6 Å². The maximum Gasteiger partial charge on any atom is 0.259 e. The average molecular weight is 267 g/mol. The number of nitrogens with zero attached hydrogens (tertiary/aromatic N) is 1. The van der Waals surface area contributed by atoms with Gasteiger partial charge in [-0.2, -0.15) is 0 Å². The van der Waals surface area contributed by atoms with Crippen LogP contribution in [0.5, 0.6) is 0 Å². The monoisotopic (exact) mass is 267 g/mol.